The van der Waals surface area contributed by atoms with Crippen LogP contribution in [0.5, 0.6) is 5.75 Å². The number of nitrogens with zero attached hydrogens (tertiary/aromatic N) is 4. The fourth-order valence-electron chi connectivity index (χ4n) is 4.02. The number of amides is 1. The summed E-state index contributed by atoms with van der Waals surface area (Å²) in [5.74, 6) is 1.57. The number of benzene rings is 2. The van der Waals surface area contributed by atoms with Crippen LogP contribution in [0, 0.1) is 13.8 Å². The van der Waals surface area contributed by atoms with Crippen molar-refractivity contribution in [3.05, 3.63) is 71.3 Å². The van der Waals surface area contributed by atoms with E-state index in [-0.39, 0.29) is 17.9 Å². The van der Waals surface area contributed by atoms with Gasteiger partial charge in [0.25, 0.3) is 5.91 Å². The van der Waals surface area contributed by atoms with E-state index in [9.17, 15) is 4.79 Å². The first-order valence-electron chi connectivity index (χ1n) is 11.9. The Balaban J connectivity index is 1.28. The Hall–Kier alpha value is -3.41. The molecule has 0 radical (unpaired) electrons. The van der Waals surface area contributed by atoms with Gasteiger partial charge in [0.15, 0.2) is 12.4 Å². The van der Waals surface area contributed by atoms with Gasteiger partial charge < -0.3 is 14.5 Å². The summed E-state index contributed by atoms with van der Waals surface area (Å²) in [5.41, 5.74) is 5.80. The first kappa shape index (κ1) is 23.7. The van der Waals surface area contributed by atoms with Crippen molar-refractivity contribution >= 4 is 11.7 Å². The van der Waals surface area contributed by atoms with Crippen molar-refractivity contribution in [1.29, 1.82) is 0 Å². The molecule has 1 aromatic heterocycles. The smallest absolute Gasteiger partial charge is 0.260 e. The lowest BCUT2D eigenvalue weighted by Gasteiger charge is -2.35. The van der Waals surface area contributed by atoms with Gasteiger partial charge in [-0.3, -0.25) is 4.79 Å². The summed E-state index contributed by atoms with van der Waals surface area (Å²) >= 11 is 0. The Morgan fingerprint density at radius 2 is 1.59 bits per heavy atom. The topological polar surface area (TPSA) is 58.6 Å². The van der Waals surface area contributed by atoms with Crippen molar-refractivity contribution in [2.24, 2.45) is 0 Å². The molecule has 1 aliphatic heterocycles. The van der Waals surface area contributed by atoms with Crippen LogP contribution in [-0.4, -0.2) is 53.8 Å². The van der Waals surface area contributed by atoms with Gasteiger partial charge >= 0.3 is 0 Å². The predicted octanol–water partition coefficient (Wildman–Crippen LogP) is 4.79. The van der Waals surface area contributed by atoms with E-state index < -0.39 is 0 Å². The lowest BCUT2D eigenvalue weighted by Crippen LogP contribution is -2.50. The Kier molecular flexibility index (Phi) is 6.87. The molecule has 0 unspecified atom stereocenters. The minimum absolute atomic E-state index is 0.00993. The van der Waals surface area contributed by atoms with Gasteiger partial charge in [-0.05, 0) is 66.3 Å². The van der Waals surface area contributed by atoms with E-state index in [4.69, 9.17) is 4.74 Å². The molecular formula is C28H34N4O2. The number of hydrogen-bond acceptors (Lipinski definition) is 5. The van der Waals surface area contributed by atoms with Crippen LogP contribution in [0.3, 0.4) is 0 Å². The number of hydrogen-bond donors (Lipinski definition) is 0. The summed E-state index contributed by atoms with van der Waals surface area (Å²) in [6.45, 7) is 13.5. The normalized spacial score (nSPS) is 14.3. The summed E-state index contributed by atoms with van der Waals surface area (Å²) < 4.78 is 5.74. The molecular weight excluding hydrogens is 424 g/mol. The van der Waals surface area contributed by atoms with Crippen LogP contribution in [-0.2, 0) is 10.2 Å². The van der Waals surface area contributed by atoms with Gasteiger partial charge in [-0.1, -0.05) is 45.0 Å². The minimum atomic E-state index is 0.00993. The van der Waals surface area contributed by atoms with E-state index in [0.717, 1.165) is 35.9 Å². The van der Waals surface area contributed by atoms with E-state index >= 15 is 0 Å². The van der Waals surface area contributed by atoms with E-state index in [0.29, 0.717) is 13.1 Å². The zero-order chi connectivity index (χ0) is 24.3. The maximum absolute atomic E-state index is 12.6. The average Bonchev–Trinajstić information content (AvgIpc) is 2.84. The monoisotopic (exact) mass is 458 g/mol. The van der Waals surface area contributed by atoms with Crippen LogP contribution < -0.4 is 9.64 Å². The van der Waals surface area contributed by atoms with Crippen LogP contribution in [0.4, 0.5) is 5.82 Å². The maximum Gasteiger partial charge on any atom is 0.260 e. The van der Waals surface area contributed by atoms with Crippen molar-refractivity contribution in [3.63, 3.8) is 0 Å². The second kappa shape index (κ2) is 9.84. The molecule has 2 heterocycles. The van der Waals surface area contributed by atoms with E-state index in [1.165, 1.54) is 16.7 Å². The SMILES string of the molecule is Cc1ccc(-c2ccc(N3CCN(C(=O)COc4ccc(C(C)(C)C)cc4)CC3)nn2)cc1C. The van der Waals surface area contributed by atoms with Gasteiger partial charge in [0.1, 0.15) is 5.75 Å². The highest BCUT2D eigenvalue weighted by atomic mass is 16.5. The third-order valence-electron chi connectivity index (χ3n) is 6.49. The number of ether oxygens (including phenoxy) is 1. The van der Waals surface area contributed by atoms with Gasteiger partial charge in [-0.15, -0.1) is 10.2 Å². The Morgan fingerprint density at radius 1 is 0.882 bits per heavy atom. The molecule has 6 heteroatoms. The highest BCUT2D eigenvalue weighted by Crippen LogP contribution is 2.25. The Bertz CT molecular complexity index is 1130. The van der Waals surface area contributed by atoms with Crippen LogP contribution >= 0.6 is 0 Å². The molecule has 0 bridgehead atoms. The minimum Gasteiger partial charge on any atom is -0.484 e. The molecule has 6 nitrogen and oxygen atoms in total. The molecule has 3 aromatic rings. The summed E-state index contributed by atoms with van der Waals surface area (Å²) in [5, 5.41) is 8.89. The fraction of sp³-hybridized carbons (Fsp3) is 0.393. The summed E-state index contributed by atoms with van der Waals surface area (Å²) in [6.07, 6.45) is 0. The first-order chi connectivity index (χ1) is 16.2. The quantitative estimate of drug-likeness (QED) is 0.550. The average molecular weight is 459 g/mol. The molecule has 0 atom stereocenters. The highest BCUT2D eigenvalue weighted by Gasteiger charge is 2.22. The summed E-state index contributed by atoms with van der Waals surface area (Å²) in [4.78, 5) is 16.7. The standard InChI is InChI=1S/C28H34N4O2/c1-20-6-7-22(18-21(20)2)25-12-13-26(30-29-25)31-14-16-32(17-15-31)27(33)19-34-24-10-8-23(9-11-24)28(3,4)5/h6-13,18H,14-17,19H2,1-5H3. The molecule has 1 amide bonds. The molecule has 0 N–H and O–H groups in total. The molecule has 34 heavy (non-hydrogen) atoms. The third kappa shape index (κ3) is 5.56. The second-order valence-corrected chi connectivity index (χ2v) is 10.0. The Morgan fingerprint density at radius 3 is 2.18 bits per heavy atom. The molecule has 1 aliphatic rings. The summed E-state index contributed by atoms with van der Waals surface area (Å²) in [6, 6.07) is 18.4. The molecule has 1 fully saturated rings. The number of anilines is 1. The predicted molar refractivity (Wildman–Crippen MR) is 136 cm³/mol. The van der Waals surface area contributed by atoms with Crippen LogP contribution in [0.1, 0.15) is 37.5 Å². The van der Waals surface area contributed by atoms with Gasteiger partial charge in [0.2, 0.25) is 0 Å². The maximum atomic E-state index is 12.6. The number of carbonyl (C=O) groups is 1. The number of carbonyl (C=O) groups excluding carboxylic acids is 1. The van der Waals surface area contributed by atoms with Crippen molar-refractivity contribution in [2.45, 2.75) is 40.0 Å². The zero-order valence-electron chi connectivity index (χ0n) is 20.8. The molecule has 2 aromatic carbocycles. The molecule has 0 aliphatic carbocycles. The van der Waals surface area contributed by atoms with Gasteiger partial charge in [-0.2, -0.15) is 0 Å². The van der Waals surface area contributed by atoms with Crippen LogP contribution in [0.2, 0.25) is 0 Å². The van der Waals surface area contributed by atoms with Gasteiger partial charge in [0, 0.05) is 31.7 Å². The van der Waals surface area contributed by atoms with Gasteiger partial charge in [0.05, 0.1) is 5.69 Å². The number of piperazine rings is 1. The number of aryl methyl sites for hydroxylation is 2. The number of rotatable bonds is 5. The second-order valence-electron chi connectivity index (χ2n) is 10.0. The molecule has 0 saturated carbocycles. The Labute approximate surface area is 202 Å². The van der Waals surface area contributed by atoms with E-state index in [1.54, 1.807) is 0 Å². The molecule has 4 rings (SSSR count). The van der Waals surface area contributed by atoms with Crippen LogP contribution in [0.15, 0.2) is 54.6 Å². The third-order valence-corrected chi connectivity index (χ3v) is 6.49. The molecule has 178 valence electrons. The van der Waals surface area contributed by atoms with Crippen molar-refractivity contribution in [1.82, 2.24) is 15.1 Å². The van der Waals surface area contributed by atoms with Gasteiger partial charge in [-0.25, -0.2) is 0 Å². The largest absolute Gasteiger partial charge is 0.484 e. The fourth-order valence-corrected chi connectivity index (χ4v) is 4.02. The molecule has 0 spiro atoms. The number of aromatic nitrogens is 2. The lowest BCUT2D eigenvalue weighted by atomic mass is 9.87. The highest BCUT2D eigenvalue weighted by molar-refractivity contribution is 5.78. The van der Waals surface area contributed by atoms with E-state index in [2.05, 4.69) is 80.0 Å². The molecule has 1 saturated heterocycles. The van der Waals surface area contributed by atoms with Crippen molar-refractivity contribution < 1.29 is 9.53 Å². The van der Waals surface area contributed by atoms with Crippen molar-refractivity contribution in [2.75, 3.05) is 37.7 Å². The van der Waals surface area contributed by atoms with E-state index in [1.807, 2.05) is 29.2 Å². The van der Waals surface area contributed by atoms with Crippen LogP contribution in [0.25, 0.3) is 11.3 Å². The first-order valence-corrected chi connectivity index (χ1v) is 11.9. The lowest BCUT2D eigenvalue weighted by molar-refractivity contribution is -0.133. The van der Waals surface area contributed by atoms with Crippen molar-refractivity contribution in [3.8, 4) is 17.0 Å². The zero-order valence-corrected chi connectivity index (χ0v) is 20.8. The summed E-state index contributed by atoms with van der Waals surface area (Å²) in [7, 11) is 0.